The molecule has 29 heavy (non-hydrogen) atoms. The summed E-state index contributed by atoms with van der Waals surface area (Å²) in [5, 5.41) is 10.4. The summed E-state index contributed by atoms with van der Waals surface area (Å²) in [5.74, 6) is -0.611. The molecule has 8 nitrogen and oxygen atoms in total. The number of methoxy groups -OCH3 is 3. The average molecular weight is 399 g/mol. The van der Waals surface area contributed by atoms with E-state index in [9.17, 15) is 14.7 Å². The molecule has 152 valence electrons. The Balaban J connectivity index is 1.97. The molecular formula is C21H21NO7. The summed E-state index contributed by atoms with van der Waals surface area (Å²) in [6.45, 7) is 0.485. The number of nitrogens with zero attached hydrogens (tertiary/aromatic N) is 1. The molecule has 4 rings (SSSR count). The number of hydrogen-bond acceptors (Lipinski definition) is 8. The van der Waals surface area contributed by atoms with Crippen LogP contribution in [0.25, 0.3) is 0 Å². The second kappa shape index (κ2) is 6.66. The highest BCUT2D eigenvalue weighted by molar-refractivity contribution is 6.16. The Hall–Kier alpha value is -3.26. The van der Waals surface area contributed by atoms with E-state index >= 15 is 0 Å². The van der Waals surface area contributed by atoms with Gasteiger partial charge < -0.3 is 24.1 Å². The highest BCUT2D eigenvalue weighted by Crippen LogP contribution is 2.48. The van der Waals surface area contributed by atoms with Crippen LogP contribution in [0.15, 0.2) is 24.3 Å². The lowest BCUT2D eigenvalue weighted by Gasteiger charge is -2.46. The molecule has 2 aliphatic heterocycles. The van der Waals surface area contributed by atoms with E-state index in [2.05, 4.69) is 0 Å². The molecule has 1 unspecified atom stereocenters. The third-order valence-corrected chi connectivity index (χ3v) is 5.59. The first-order valence-corrected chi connectivity index (χ1v) is 9.03. The first kappa shape index (κ1) is 19.1. The predicted octanol–water partition coefficient (Wildman–Crippen LogP) is 2.11. The van der Waals surface area contributed by atoms with Crippen molar-refractivity contribution in [3.8, 4) is 23.0 Å². The van der Waals surface area contributed by atoms with Crippen LogP contribution >= 0.6 is 0 Å². The SMILES string of the molecule is COc1cc2c(cc1OC)C1(OC(=O)c3c(ccc(OC)c3O)C1=O)N(C)CC2. The second-order valence-electron chi connectivity index (χ2n) is 6.94. The number of ether oxygens (including phenoxy) is 4. The van der Waals surface area contributed by atoms with E-state index in [1.807, 2.05) is 0 Å². The van der Waals surface area contributed by atoms with Crippen molar-refractivity contribution >= 4 is 11.8 Å². The fraction of sp³-hybridized carbons (Fsp3) is 0.333. The number of carbonyl (C=O) groups excluding carboxylic acids is 2. The van der Waals surface area contributed by atoms with Crippen molar-refractivity contribution in [3.63, 3.8) is 0 Å². The van der Waals surface area contributed by atoms with Crippen LogP contribution in [0.5, 0.6) is 23.0 Å². The fourth-order valence-electron chi connectivity index (χ4n) is 4.07. The third kappa shape index (κ3) is 2.49. The maximum atomic E-state index is 13.7. The van der Waals surface area contributed by atoms with E-state index in [1.54, 1.807) is 24.1 Å². The molecule has 0 amide bonds. The number of fused-ring (bicyclic) bond motifs is 3. The molecule has 2 aromatic carbocycles. The van der Waals surface area contributed by atoms with Crippen LogP contribution in [0.2, 0.25) is 0 Å². The van der Waals surface area contributed by atoms with Crippen LogP contribution in [0.4, 0.5) is 0 Å². The van der Waals surface area contributed by atoms with Crippen LogP contribution in [0.3, 0.4) is 0 Å². The van der Waals surface area contributed by atoms with Crippen molar-refractivity contribution in [2.24, 2.45) is 0 Å². The van der Waals surface area contributed by atoms with Crippen LogP contribution in [0, 0.1) is 0 Å². The smallest absolute Gasteiger partial charge is 0.345 e. The van der Waals surface area contributed by atoms with Crippen molar-refractivity contribution in [3.05, 3.63) is 46.5 Å². The van der Waals surface area contributed by atoms with Gasteiger partial charge in [-0.15, -0.1) is 0 Å². The van der Waals surface area contributed by atoms with E-state index in [0.29, 0.717) is 30.0 Å². The largest absolute Gasteiger partial charge is 0.504 e. The molecule has 0 aliphatic carbocycles. The molecule has 1 N–H and O–H groups in total. The van der Waals surface area contributed by atoms with Gasteiger partial charge in [0.2, 0.25) is 5.78 Å². The lowest BCUT2D eigenvalue weighted by Crippen LogP contribution is -2.58. The minimum Gasteiger partial charge on any atom is -0.504 e. The highest BCUT2D eigenvalue weighted by atomic mass is 16.6. The van der Waals surface area contributed by atoms with Gasteiger partial charge in [-0.2, -0.15) is 0 Å². The molecule has 0 radical (unpaired) electrons. The zero-order chi connectivity index (χ0) is 20.9. The summed E-state index contributed by atoms with van der Waals surface area (Å²) in [7, 11) is 6.12. The van der Waals surface area contributed by atoms with Crippen molar-refractivity contribution in [2.75, 3.05) is 34.9 Å². The van der Waals surface area contributed by atoms with Crippen LogP contribution < -0.4 is 14.2 Å². The molecule has 0 bridgehead atoms. The van der Waals surface area contributed by atoms with Gasteiger partial charge in [-0.3, -0.25) is 9.69 Å². The summed E-state index contributed by atoms with van der Waals surface area (Å²) in [6.07, 6.45) is 0.638. The van der Waals surface area contributed by atoms with Gasteiger partial charge in [-0.1, -0.05) is 0 Å². The minimum atomic E-state index is -1.65. The van der Waals surface area contributed by atoms with Gasteiger partial charge in [0.05, 0.1) is 21.3 Å². The Morgan fingerprint density at radius 2 is 1.69 bits per heavy atom. The van der Waals surface area contributed by atoms with Gasteiger partial charge in [0.25, 0.3) is 5.72 Å². The van der Waals surface area contributed by atoms with Crippen LogP contribution in [-0.4, -0.2) is 56.7 Å². The standard InChI is InChI=1S/C21H21NO7/c1-22-8-7-11-9-15(27-3)16(28-4)10-13(11)21(22)19(24)12-5-6-14(26-2)18(23)17(12)20(25)29-21/h5-6,9-10,23H,7-8H2,1-4H3. The molecule has 0 saturated carbocycles. The number of likely N-dealkylation sites (N-methyl/N-ethyl adjacent to an activating group) is 1. The Morgan fingerprint density at radius 3 is 2.34 bits per heavy atom. The molecule has 2 heterocycles. The molecule has 1 atom stereocenters. The van der Waals surface area contributed by atoms with E-state index in [1.165, 1.54) is 33.5 Å². The molecule has 0 fully saturated rings. The molecule has 1 spiro atoms. The molecule has 8 heteroatoms. The number of esters is 1. The monoisotopic (exact) mass is 399 g/mol. The maximum absolute atomic E-state index is 13.7. The number of phenolic OH excluding ortho intramolecular Hbond substituents is 1. The summed E-state index contributed by atoms with van der Waals surface area (Å²) in [6, 6.07) is 6.40. The zero-order valence-corrected chi connectivity index (χ0v) is 16.6. The van der Waals surface area contributed by atoms with Crippen molar-refractivity contribution in [2.45, 2.75) is 12.1 Å². The van der Waals surface area contributed by atoms with Crippen LogP contribution in [-0.2, 0) is 16.9 Å². The number of Topliss-reactive ketones (excluding diaryl/α,β-unsaturated/α-hetero) is 1. The Bertz CT molecular complexity index is 1030. The molecule has 2 aliphatic rings. The van der Waals surface area contributed by atoms with Gasteiger partial charge >= 0.3 is 5.97 Å². The predicted molar refractivity (Wildman–Crippen MR) is 102 cm³/mol. The summed E-state index contributed by atoms with van der Waals surface area (Å²) in [5.41, 5.74) is -0.431. The lowest BCUT2D eigenvalue weighted by molar-refractivity contribution is -0.0954. The first-order chi connectivity index (χ1) is 13.9. The van der Waals surface area contributed by atoms with Crippen molar-refractivity contribution < 1.29 is 33.6 Å². The summed E-state index contributed by atoms with van der Waals surface area (Å²) < 4.78 is 21.6. The molecule has 2 aromatic rings. The molecule has 0 aromatic heterocycles. The topological polar surface area (TPSA) is 94.5 Å². The third-order valence-electron chi connectivity index (χ3n) is 5.59. The second-order valence-corrected chi connectivity index (χ2v) is 6.94. The van der Waals surface area contributed by atoms with E-state index in [4.69, 9.17) is 18.9 Å². The highest BCUT2D eigenvalue weighted by Gasteiger charge is 2.56. The number of aromatic hydroxyl groups is 1. The number of hydrogen-bond donors (Lipinski definition) is 1. The van der Waals surface area contributed by atoms with E-state index < -0.39 is 23.2 Å². The minimum absolute atomic E-state index is 0.0778. The Kier molecular flexibility index (Phi) is 4.38. The lowest BCUT2D eigenvalue weighted by atomic mass is 9.81. The van der Waals surface area contributed by atoms with Gasteiger partial charge in [-0.05, 0) is 43.3 Å². The maximum Gasteiger partial charge on any atom is 0.345 e. The van der Waals surface area contributed by atoms with Gasteiger partial charge in [0.1, 0.15) is 5.56 Å². The summed E-state index contributed by atoms with van der Waals surface area (Å²) in [4.78, 5) is 28.3. The van der Waals surface area contributed by atoms with Gasteiger partial charge in [-0.25, -0.2) is 4.79 Å². The van der Waals surface area contributed by atoms with Gasteiger partial charge in [0, 0.05) is 17.7 Å². The fourth-order valence-corrected chi connectivity index (χ4v) is 4.07. The van der Waals surface area contributed by atoms with Crippen molar-refractivity contribution in [1.29, 1.82) is 0 Å². The Labute approximate surface area is 167 Å². The normalized spacial score (nSPS) is 20.7. The molecule has 0 saturated heterocycles. The van der Waals surface area contributed by atoms with E-state index in [-0.39, 0.29) is 16.9 Å². The zero-order valence-electron chi connectivity index (χ0n) is 16.6. The number of rotatable bonds is 3. The number of phenols is 1. The average Bonchev–Trinajstić information content (AvgIpc) is 2.73. The number of benzene rings is 2. The van der Waals surface area contributed by atoms with Gasteiger partial charge in [0.15, 0.2) is 23.0 Å². The van der Waals surface area contributed by atoms with Crippen molar-refractivity contribution in [1.82, 2.24) is 4.90 Å². The number of carbonyl (C=O) groups is 2. The Morgan fingerprint density at radius 1 is 1.03 bits per heavy atom. The van der Waals surface area contributed by atoms with E-state index in [0.717, 1.165) is 5.56 Å². The molecular weight excluding hydrogens is 378 g/mol. The number of ketones is 1. The first-order valence-electron chi connectivity index (χ1n) is 9.03. The summed E-state index contributed by atoms with van der Waals surface area (Å²) >= 11 is 0. The quantitative estimate of drug-likeness (QED) is 0.785. The van der Waals surface area contributed by atoms with Crippen LogP contribution in [0.1, 0.15) is 31.8 Å².